The van der Waals surface area contributed by atoms with Crippen molar-refractivity contribution in [1.29, 1.82) is 0 Å². The highest BCUT2D eigenvalue weighted by Gasteiger charge is 2.18. The first-order valence-electron chi connectivity index (χ1n) is 16.4. The molecule has 0 amide bonds. The van der Waals surface area contributed by atoms with E-state index in [4.69, 9.17) is 0 Å². The third kappa shape index (κ3) is 5.02. The topological polar surface area (TPSA) is 0 Å². The summed E-state index contributed by atoms with van der Waals surface area (Å²) >= 11 is 0. The van der Waals surface area contributed by atoms with Gasteiger partial charge in [-0.15, -0.1) is 0 Å². The summed E-state index contributed by atoms with van der Waals surface area (Å²) in [5.41, 5.74) is 7.60. The summed E-state index contributed by atoms with van der Waals surface area (Å²) in [5.74, 6) is 0. The van der Waals surface area contributed by atoms with Crippen LogP contribution in [0.1, 0.15) is 0 Å². The maximum absolute atomic E-state index is 2.50. The molecule has 0 N–H and O–H groups in total. The van der Waals surface area contributed by atoms with Gasteiger partial charge in [-0.1, -0.05) is 174 Å². The molecule has 0 saturated carbocycles. The highest BCUT2D eigenvalue weighted by atomic mass is 28.2. The van der Waals surface area contributed by atoms with Gasteiger partial charge < -0.3 is 0 Å². The Bertz CT molecular complexity index is 2600. The van der Waals surface area contributed by atoms with Crippen LogP contribution in [0.5, 0.6) is 0 Å². The summed E-state index contributed by atoms with van der Waals surface area (Å²) in [6.45, 7) is 0. The first kappa shape index (κ1) is 27.5. The molecule has 0 radical (unpaired) electrons. The van der Waals surface area contributed by atoms with E-state index in [1.54, 1.807) is 0 Å². The largest absolute Gasteiger partial charge is 0.0875 e. The Morgan fingerprint density at radius 2 is 0.766 bits per heavy atom. The standard InChI is InChI=1S/C46H32Si/c1-2-17-39(18-3-1)47-40-25-26-43-44(30-40)46(38-24-22-32-12-5-7-14-34(32)28-38)42-20-9-8-19-41(42)45(43)37-16-10-15-35(29-37)36-23-21-31-11-4-6-13-33(31)27-36/h1-30H,47H2. The molecule has 9 aromatic carbocycles. The van der Waals surface area contributed by atoms with Gasteiger partial charge >= 0.3 is 0 Å². The second-order valence-corrected chi connectivity index (χ2v) is 14.5. The predicted octanol–water partition coefficient (Wildman–Crippen LogP) is 10.4. The molecule has 0 aromatic heterocycles. The van der Waals surface area contributed by atoms with E-state index in [9.17, 15) is 0 Å². The van der Waals surface area contributed by atoms with Crippen LogP contribution in [0.3, 0.4) is 0 Å². The highest BCUT2D eigenvalue weighted by Crippen LogP contribution is 2.44. The lowest BCUT2D eigenvalue weighted by atomic mass is 9.85. The zero-order valence-electron chi connectivity index (χ0n) is 26.0. The van der Waals surface area contributed by atoms with Gasteiger partial charge in [-0.05, 0) is 94.7 Å². The fourth-order valence-electron chi connectivity index (χ4n) is 7.36. The van der Waals surface area contributed by atoms with Gasteiger partial charge in [0, 0.05) is 0 Å². The van der Waals surface area contributed by atoms with E-state index in [-0.39, 0.29) is 0 Å². The number of fused-ring (bicyclic) bond motifs is 4. The SMILES string of the molecule is c1ccc([SiH2]c2ccc3c(-c4cccc(-c5ccc6ccccc6c5)c4)c4ccccc4c(-c4ccc5ccccc5c4)c3c2)cc1. The van der Waals surface area contributed by atoms with Gasteiger partial charge in [-0.3, -0.25) is 0 Å². The molecule has 47 heavy (non-hydrogen) atoms. The first-order valence-corrected chi connectivity index (χ1v) is 17.8. The van der Waals surface area contributed by atoms with Crippen molar-refractivity contribution in [2.75, 3.05) is 0 Å². The zero-order chi connectivity index (χ0) is 31.2. The molecule has 0 fully saturated rings. The van der Waals surface area contributed by atoms with Gasteiger partial charge in [0.1, 0.15) is 0 Å². The lowest BCUT2D eigenvalue weighted by Gasteiger charge is -2.19. The summed E-state index contributed by atoms with van der Waals surface area (Å²) in [6, 6.07) is 67.5. The second-order valence-electron chi connectivity index (χ2n) is 12.5. The summed E-state index contributed by atoms with van der Waals surface area (Å²) in [6.07, 6.45) is 0. The number of benzene rings is 9. The van der Waals surface area contributed by atoms with E-state index in [1.807, 2.05) is 0 Å². The predicted molar refractivity (Wildman–Crippen MR) is 207 cm³/mol. The van der Waals surface area contributed by atoms with E-state index >= 15 is 0 Å². The van der Waals surface area contributed by atoms with Gasteiger partial charge in [0.25, 0.3) is 0 Å². The molecule has 0 heterocycles. The van der Waals surface area contributed by atoms with Crippen LogP contribution >= 0.6 is 0 Å². The van der Waals surface area contributed by atoms with E-state index < -0.39 is 9.52 Å². The second kappa shape index (κ2) is 11.5. The Hall–Kier alpha value is -5.76. The lowest BCUT2D eigenvalue weighted by molar-refractivity contribution is 1.63. The average Bonchev–Trinajstić information content (AvgIpc) is 3.14. The molecule has 9 aromatic rings. The Labute approximate surface area is 277 Å². The quantitative estimate of drug-likeness (QED) is 0.134. The number of rotatable bonds is 5. The van der Waals surface area contributed by atoms with Crippen molar-refractivity contribution in [2.45, 2.75) is 0 Å². The molecule has 0 nitrogen and oxygen atoms in total. The normalized spacial score (nSPS) is 11.7. The van der Waals surface area contributed by atoms with Crippen LogP contribution in [-0.2, 0) is 0 Å². The van der Waals surface area contributed by atoms with E-state index in [0.29, 0.717) is 0 Å². The summed E-state index contributed by atoms with van der Waals surface area (Å²) in [4.78, 5) is 0. The molecular formula is C46H32Si. The molecule has 0 saturated heterocycles. The van der Waals surface area contributed by atoms with Crippen molar-refractivity contribution in [3.8, 4) is 33.4 Å². The molecule has 9 rings (SSSR count). The first-order chi connectivity index (χ1) is 23.3. The van der Waals surface area contributed by atoms with Crippen LogP contribution in [-0.4, -0.2) is 9.52 Å². The van der Waals surface area contributed by atoms with Crippen molar-refractivity contribution in [3.63, 3.8) is 0 Å². The van der Waals surface area contributed by atoms with Gasteiger partial charge in [0.2, 0.25) is 0 Å². The van der Waals surface area contributed by atoms with Gasteiger partial charge in [0.05, 0.1) is 9.52 Å². The summed E-state index contributed by atoms with van der Waals surface area (Å²) in [7, 11) is -0.637. The van der Waals surface area contributed by atoms with Crippen molar-refractivity contribution in [3.05, 3.63) is 182 Å². The Morgan fingerprint density at radius 1 is 0.255 bits per heavy atom. The third-order valence-corrected chi connectivity index (χ3v) is 11.3. The average molecular weight is 613 g/mol. The fourth-order valence-corrected chi connectivity index (χ4v) is 8.88. The molecule has 0 aliphatic heterocycles. The van der Waals surface area contributed by atoms with Crippen LogP contribution in [0.15, 0.2) is 182 Å². The molecule has 0 atom stereocenters. The van der Waals surface area contributed by atoms with Crippen LogP contribution in [0.25, 0.3) is 76.5 Å². The minimum absolute atomic E-state index is 0.637. The molecule has 0 unspecified atom stereocenters. The van der Waals surface area contributed by atoms with Crippen molar-refractivity contribution < 1.29 is 0 Å². The van der Waals surface area contributed by atoms with Gasteiger partial charge in [-0.25, -0.2) is 0 Å². The van der Waals surface area contributed by atoms with E-state index in [1.165, 1.54) is 86.8 Å². The van der Waals surface area contributed by atoms with Gasteiger partial charge in [-0.2, -0.15) is 0 Å². The van der Waals surface area contributed by atoms with Crippen LogP contribution in [0.4, 0.5) is 0 Å². The van der Waals surface area contributed by atoms with E-state index in [2.05, 4.69) is 182 Å². The van der Waals surface area contributed by atoms with Crippen LogP contribution in [0.2, 0.25) is 0 Å². The maximum Gasteiger partial charge on any atom is 0.0875 e. The van der Waals surface area contributed by atoms with Crippen LogP contribution < -0.4 is 10.4 Å². The molecule has 1 heteroatoms. The molecule has 0 aliphatic rings. The smallest absolute Gasteiger partial charge is 0.0633 e. The van der Waals surface area contributed by atoms with Crippen molar-refractivity contribution >= 4 is 63.0 Å². The Morgan fingerprint density at radius 3 is 1.49 bits per heavy atom. The highest BCUT2D eigenvalue weighted by molar-refractivity contribution is 6.67. The third-order valence-electron chi connectivity index (χ3n) is 9.61. The minimum atomic E-state index is -0.637. The summed E-state index contributed by atoms with van der Waals surface area (Å²) in [5, 5.41) is 13.2. The fraction of sp³-hybridized carbons (Fsp3) is 0. The van der Waals surface area contributed by atoms with Gasteiger partial charge in [0.15, 0.2) is 0 Å². The monoisotopic (exact) mass is 612 g/mol. The zero-order valence-corrected chi connectivity index (χ0v) is 27.4. The van der Waals surface area contributed by atoms with Crippen molar-refractivity contribution in [1.82, 2.24) is 0 Å². The Kier molecular flexibility index (Phi) is 6.77. The summed E-state index contributed by atoms with van der Waals surface area (Å²) < 4.78 is 0. The van der Waals surface area contributed by atoms with E-state index in [0.717, 1.165) is 0 Å². The van der Waals surface area contributed by atoms with Crippen molar-refractivity contribution in [2.24, 2.45) is 0 Å². The lowest BCUT2D eigenvalue weighted by Crippen LogP contribution is -2.26. The molecule has 0 spiro atoms. The molecule has 220 valence electrons. The maximum atomic E-state index is 2.50. The molecule has 0 bridgehead atoms. The number of hydrogen-bond acceptors (Lipinski definition) is 0. The van der Waals surface area contributed by atoms with Crippen LogP contribution in [0, 0.1) is 0 Å². The minimum Gasteiger partial charge on any atom is -0.0633 e. The molecular weight excluding hydrogens is 581 g/mol. The Balaban J connectivity index is 1.31. The number of hydrogen-bond donors (Lipinski definition) is 0. The molecule has 0 aliphatic carbocycles.